The molecule has 0 bridgehead atoms. The van der Waals surface area contributed by atoms with Crippen molar-refractivity contribution >= 4 is 23.6 Å². The zero-order valence-electron chi connectivity index (χ0n) is 13.1. The van der Waals surface area contributed by atoms with Crippen LogP contribution in [0.15, 0.2) is 10.6 Å². The summed E-state index contributed by atoms with van der Waals surface area (Å²) in [5.74, 6) is -2.00. The first-order valence-electron chi connectivity index (χ1n) is 7.83. The molecular weight excluding hydrogens is 320 g/mol. The van der Waals surface area contributed by atoms with Crippen molar-refractivity contribution in [2.24, 2.45) is 17.6 Å². The number of hydrogen-bond acceptors (Lipinski definition) is 6. The fraction of sp³-hybridized carbons (Fsp3) is 0.733. The van der Waals surface area contributed by atoms with Crippen LogP contribution in [0.1, 0.15) is 20.3 Å². The molecule has 0 spiro atoms. The normalized spacial score (nSPS) is 37.8. The maximum absolute atomic E-state index is 12.2. The highest BCUT2D eigenvalue weighted by atomic mass is 32.2. The van der Waals surface area contributed by atoms with Gasteiger partial charge in [0.1, 0.15) is 5.70 Å². The second-order valence-electron chi connectivity index (χ2n) is 6.44. The number of rotatable bonds is 5. The zero-order valence-corrected chi connectivity index (χ0v) is 14.0. The Morgan fingerprint density at radius 2 is 2.26 bits per heavy atom. The maximum Gasteiger partial charge on any atom is 0.353 e. The summed E-state index contributed by atoms with van der Waals surface area (Å²) in [4.78, 5) is 26.0. The summed E-state index contributed by atoms with van der Waals surface area (Å²) in [6, 6.07) is -0.260. The van der Waals surface area contributed by atoms with E-state index in [9.17, 15) is 19.8 Å². The topological polar surface area (TPSA) is 113 Å². The van der Waals surface area contributed by atoms with Crippen LogP contribution in [0.2, 0.25) is 0 Å². The van der Waals surface area contributed by atoms with Gasteiger partial charge in [0.25, 0.3) is 0 Å². The summed E-state index contributed by atoms with van der Waals surface area (Å²) >= 11 is 1.48. The molecule has 0 aromatic heterocycles. The average Bonchev–Trinajstić information content (AvgIpc) is 3.02. The predicted molar refractivity (Wildman–Crippen MR) is 84.4 cm³/mol. The first-order valence-corrected chi connectivity index (χ1v) is 8.71. The largest absolute Gasteiger partial charge is 0.477 e. The lowest BCUT2D eigenvalue weighted by Gasteiger charge is -2.46. The molecule has 3 aliphatic rings. The summed E-state index contributed by atoms with van der Waals surface area (Å²) < 4.78 is 5.57. The number of carboxylic acids is 1. The van der Waals surface area contributed by atoms with Gasteiger partial charge in [-0.05, 0) is 13.3 Å². The van der Waals surface area contributed by atoms with Crippen molar-refractivity contribution in [2.75, 3.05) is 13.2 Å². The number of aliphatic hydroxyl groups excluding tert-OH is 1. The van der Waals surface area contributed by atoms with E-state index < -0.39 is 18.0 Å². The number of amides is 1. The molecule has 0 unspecified atom stereocenters. The highest BCUT2D eigenvalue weighted by Gasteiger charge is 2.60. The quantitative estimate of drug-likeness (QED) is 0.602. The molecule has 1 amide bonds. The number of hydrogen-bond donors (Lipinski definition) is 3. The molecule has 3 rings (SSSR count). The molecule has 0 aromatic rings. The Labute approximate surface area is 138 Å². The molecule has 0 radical (unpaired) electrons. The van der Waals surface area contributed by atoms with E-state index in [-0.39, 0.29) is 34.9 Å². The number of aliphatic carboxylic acids is 1. The molecule has 2 saturated heterocycles. The number of aliphatic hydroxyl groups is 1. The minimum atomic E-state index is -1.09. The third kappa shape index (κ3) is 2.57. The third-order valence-electron chi connectivity index (χ3n) is 4.91. The van der Waals surface area contributed by atoms with Crippen LogP contribution in [0, 0.1) is 11.8 Å². The van der Waals surface area contributed by atoms with Crippen LogP contribution >= 0.6 is 11.8 Å². The highest BCUT2D eigenvalue weighted by Crippen LogP contribution is 2.51. The lowest BCUT2D eigenvalue weighted by atomic mass is 9.79. The monoisotopic (exact) mass is 342 g/mol. The number of carbonyl (C=O) groups is 2. The van der Waals surface area contributed by atoms with E-state index in [1.54, 1.807) is 6.92 Å². The SMILES string of the molecule is C[C@@H](O)[C@H]1C(=O)N2C(C(=O)O)=C(S[C@@H]3CO[C@@H](CN)C3)[C@H](C)[C@H]12. The van der Waals surface area contributed by atoms with E-state index in [0.29, 0.717) is 18.1 Å². The van der Waals surface area contributed by atoms with E-state index in [4.69, 9.17) is 10.5 Å². The van der Waals surface area contributed by atoms with Crippen LogP contribution in [0.25, 0.3) is 0 Å². The molecule has 0 aromatic carbocycles. The lowest BCUT2D eigenvalue weighted by Crippen LogP contribution is -2.63. The Hall–Kier alpha value is -1.09. The predicted octanol–water partition coefficient (Wildman–Crippen LogP) is -0.0105. The number of fused-ring (bicyclic) bond motifs is 1. The molecule has 4 N–H and O–H groups in total. The number of ether oxygens (including phenoxy) is 1. The third-order valence-corrected chi connectivity index (χ3v) is 6.39. The molecule has 3 heterocycles. The molecule has 0 saturated carbocycles. The Balaban J connectivity index is 1.83. The second kappa shape index (κ2) is 6.08. The number of β-lactam (4-membered cyclic amide) rings is 1. The molecule has 6 atom stereocenters. The average molecular weight is 342 g/mol. The number of nitrogens with two attached hydrogens (primary N) is 1. The number of carbonyl (C=O) groups excluding carboxylic acids is 1. The van der Waals surface area contributed by atoms with Gasteiger partial charge >= 0.3 is 5.97 Å². The van der Waals surface area contributed by atoms with Crippen molar-refractivity contribution < 1.29 is 24.5 Å². The van der Waals surface area contributed by atoms with Crippen LogP contribution in [-0.4, -0.2) is 63.6 Å². The van der Waals surface area contributed by atoms with Crippen molar-refractivity contribution in [1.29, 1.82) is 0 Å². The van der Waals surface area contributed by atoms with E-state index in [1.165, 1.54) is 16.7 Å². The molecule has 23 heavy (non-hydrogen) atoms. The maximum atomic E-state index is 12.2. The van der Waals surface area contributed by atoms with Crippen molar-refractivity contribution in [1.82, 2.24) is 4.90 Å². The number of thioether (sulfide) groups is 1. The van der Waals surface area contributed by atoms with E-state index >= 15 is 0 Å². The zero-order chi connectivity index (χ0) is 16.9. The Kier molecular flexibility index (Phi) is 4.43. The van der Waals surface area contributed by atoms with Crippen LogP contribution in [0.3, 0.4) is 0 Å². The van der Waals surface area contributed by atoms with E-state index in [1.807, 2.05) is 6.92 Å². The summed E-state index contributed by atoms with van der Waals surface area (Å²) in [5.41, 5.74) is 5.68. The van der Waals surface area contributed by atoms with Gasteiger partial charge in [0.05, 0.1) is 30.8 Å². The number of carboxylic acid groups (broad SMARTS) is 1. The Morgan fingerprint density at radius 1 is 1.57 bits per heavy atom. The molecule has 0 aliphatic carbocycles. The van der Waals surface area contributed by atoms with Crippen molar-refractivity contribution in [2.45, 2.75) is 43.8 Å². The van der Waals surface area contributed by atoms with Gasteiger partial charge in [0.15, 0.2) is 0 Å². The van der Waals surface area contributed by atoms with Gasteiger partial charge in [0.2, 0.25) is 5.91 Å². The Bertz CT molecular complexity index is 564. The van der Waals surface area contributed by atoms with Gasteiger partial charge in [-0.25, -0.2) is 4.79 Å². The highest BCUT2D eigenvalue weighted by molar-refractivity contribution is 8.03. The molecule has 8 heteroatoms. The standard InChI is InChI=1S/C15H22N2O5S/c1-6-11-10(7(2)18)14(19)17(11)12(15(20)21)13(6)23-9-3-8(4-16)22-5-9/h6-11,18H,3-5,16H2,1-2H3,(H,20,21)/t6-,7-,8-,9+,10-,11-/m1/s1. The van der Waals surface area contributed by atoms with Gasteiger partial charge in [-0.3, -0.25) is 4.79 Å². The van der Waals surface area contributed by atoms with Crippen LogP contribution in [-0.2, 0) is 14.3 Å². The van der Waals surface area contributed by atoms with Gasteiger partial charge in [-0.2, -0.15) is 0 Å². The molecular formula is C15H22N2O5S. The smallest absolute Gasteiger partial charge is 0.353 e. The van der Waals surface area contributed by atoms with Gasteiger partial charge < -0.3 is 25.6 Å². The molecule has 128 valence electrons. The number of nitrogens with zero attached hydrogens (tertiary/aromatic N) is 1. The molecule has 2 fully saturated rings. The van der Waals surface area contributed by atoms with Gasteiger partial charge in [0, 0.05) is 22.6 Å². The summed E-state index contributed by atoms with van der Waals surface area (Å²) in [6.45, 7) is 4.49. The van der Waals surface area contributed by atoms with Crippen molar-refractivity contribution in [3.05, 3.63) is 10.6 Å². The van der Waals surface area contributed by atoms with Crippen LogP contribution < -0.4 is 5.73 Å². The summed E-state index contributed by atoms with van der Waals surface area (Å²) in [6.07, 6.45) is 0.0203. The van der Waals surface area contributed by atoms with Crippen LogP contribution in [0.4, 0.5) is 0 Å². The molecule has 7 nitrogen and oxygen atoms in total. The molecule has 3 aliphatic heterocycles. The fourth-order valence-electron chi connectivity index (χ4n) is 3.78. The summed E-state index contributed by atoms with van der Waals surface area (Å²) in [5, 5.41) is 19.5. The second-order valence-corrected chi connectivity index (χ2v) is 7.78. The first-order chi connectivity index (χ1) is 10.9. The minimum absolute atomic E-state index is 0.0157. The van der Waals surface area contributed by atoms with Crippen LogP contribution in [0.5, 0.6) is 0 Å². The van der Waals surface area contributed by atoms with Crippen molar-refractivity contribution in [3.8, 4) is 0 Å². The van der Waals surface area contributed by atoms with E-state index in [2.05, 4.69) is 0 Å². The fourth-order valence-corrected chi connectivity index (χ4v) is 5.25. The van der Waals surface area contributed by atoms with Gasteiger partial charge in [-0.1, -0.05) is 6.92 Å². The minimum Gasteiger partial charge on any atom is -0.477 e. The lowest BCUT2D eigenvalue weighted by molar-refractivity contribution is -0.163. The first kappa shape index (κ1) is 16.8. The van der Waals surface area contributed by atoms with Gasteiger partial charge in [-0.15, -0.1) is 11.8 Å². The van der Waals surface area contributed by atoms with E-state index in [0.717, 1.165) is 6.42 Å². The summed E-state index contributed by atoms with van der Waals surface area (Å²) in [7, 11) is 0. The van der Waals surface area contributed by atoms with Crippen molar-refractivity contribution in [3.63, 3.8) is 0 Å². The Morgan fingerprint density at radius 3 is 2.78 bits per heavy atom.